The maximum Gasteiger partial charge on any atom is 0.130 e. The van der Waals surface area contributed by atoms with Gasteiger partial charge in [0.1, 0.15) is 18.5 Å². The molecule has 2 aromatic rings. The van der Waals surface area contributed by atoms with Crippen LogP contribution in [0.25, 0.3) is 10.9 Å². The molecule has 0 fully saturated rings. The Morgan fingerprint density at radius 2 is 1.95 bits per heavy atom. The molecule has 2 rings (SSSR count). The lowest BCUT2D eigenvalue weighted by Crippen LogP contribution is -2.35. The lowest BCUT2D eigenvalue weighted by atomic mass is 10.2. The van der Waals surface area contributed by atoms with E-state index in [1.54, 1.807) is 6.20 Å². The van der Waals surface area contributed by atoms with E-state index < -0.39 is 6.10 Å². The van der Waals surface area contributed by atoms with Crippen molar-refractivity contribution in [3.63, 3.8) is 0 Å². The highest BCUT2D eigenvalue weighted by molar-refractivity contribution is 5.84. The minimum absolute atomic E-state index is 0.296. The van der Waals surface area contributed by atoms with E-state index in [0.717, 1.165) is 29.7 Å². The van der Waals surface area contributed by atoms with Crippen molar-refractivity contribution in [2.75, 3.05) is 26.2 Å². The summed E-state index contributed by atoms with van der Waals surface area (Å²) >= 11 is 0. The van der Waals surface area contributed by atoms with E-state index in [1.165, 1.54) is 0 Å². The van der Waals surface area contributed by atoms with Crippen LogP contribution in [0.4, 0.5) is 0 Å². The van der Waals surface area contributed by atoms with Gasteiger partial charge in [-0.05, 0) is 31.3 Å². The maximum atomic E-state index is 10.0. The van der Waals surface area contributed by atoms with Crippen LogP contribution in [0.2, 0.25) is 0 Å². The highest BCUT2D eigenvalue weighted by Crippen LogP contribution is 2.23. The number of hydrogen-bond acceptors (Lipinski definition) is 4. The van der Waals surface area contributed by atoms with Crippen LogP contribution in [0, 0.1) is 0 Å². The van der Waals surface area contributed by atoms with Crippen LogP contribution in [0.1, 0.15) is 13.8 Å². The number of aliphatic hydroxyl groups is 1. The van der Waals surface area contributed by atoms with Gasteiger partial charge in [0.05, 0.1) is 5.52 Å². The van der Waals surface area contributed by atoms with Gasteiger partial charge in [0.2, 0.25) is 0 Å². The Morgan fingerprint density at radius 1 is 1.20 bits per heavy atom. The first-order valence-electron chi connectivity index (χ1n) is 7.11. The van der Waals surface area contributed by atoms with E-state index in [-0.39, 0.29) is 0 Å². The molecule has 4 nitrogen and oxygen atoms in total. The Balaban J connectivity index is 1.99. The van der Waals surface area contributed by atoms with Crippen molar-refractivity contribution in [3.8, 4) is 5.75 Å². The molecule has 0 saturated heterocycles. The smallest absolute Gasteiger partial charge is 0.130 e. The number of ether oxygens (including phenoxy) is 1. The summed E-state index contributed by atoms with van der Waals surface area (Å²) in [5, 5.41) is 11.0. The fourth-order valence-electron chi connectivity index (χ4n) is 2.21. The van der Waals surface area contributed by atoms with E-state index in [2.05, 4.69) is 23.7 Å². The van der Waals surface area contributed by atoms with E-state index in [0.29, 0.717) is 13.2 Å². The number of benzene rings is 1. The minimum atomic E-state index is -0.484. The average Bonchev–Trinajstić information content (AvgIpc) is 2.50. The van der Waals surface area contributed by atoms with Crippen molar-refractivity contribution in [2.45, 2.75) is 20.0 Å². The molecule has 0 amide bonds. The zero-order chi connectivity index (χ0) is 14.4. The quantitative estimate of drug-likeness (QED) is 0.841. The second kappa shape index (κ2) is 7.22. The first kappa shape index (κ1) is 14.8. The van der Waals surface area contributed by atoms with E-state index in [9.17, 15) is 5.11 Å². The Bertz CT molecular complexity index is 535. The monoisotopic (exact) mass is 274 g/mol. The second-order valence-corrected chi connectivity index (χ2v) is 4.78. The summed E-state index contributed by atoms with van der Waals surface area (Å²) in [4.78, 5) is 6.47. The van der Waals surface area contributed by atoms with Crippen molar-refractivity contribution in [1.82, 2.24) is 9.88 Å². The number of likely N-dealkylation sites (N-methyl/N-ethyl adjacent to an activating group) is 1. The SMILES string of the molecule is CCN(CC)CC(O)COc1ccnc2ccccc12. The lowest BCUT2D eigenvalue weighted by molar-refractivity contribution is 0.0722. The number of para-hydroxylation sites is 1. The molecule has 1 heterocycles. The van der Waals surface area contributed by atoms with Gasteiger partial charge in [-0.1, -0.05) is 26.0 Å². The van der Waals surface area contributed by atoms with Crippen LogP contribution in [-0.4, -0.2) is 47.3 Å². The van der Waals surface area contributed by atoms with Crippen molar-refractivity contribution < 1.29 is 9.84 Å². The molecule has 1 N–H and O–H groups in total. The lowest BCUT2D eigenvalue weighted by Gasteiger charge is -2.22. The normalized spacial score (nSPS) is 12.8. The molecule has 1 aromatic heterocycles. The van der Waals surface area contributed by atoms with Crippen molar-refractivity contribution in [3.05, 3.63) is 36.5 Å². The number of nitrogens with zero attached hydrogens (tertiary/aromatic N) is 2. The summed E-state index contributed by atoms with van der Waals surface area (Å²) in [6.07, 6.45) is 1.25. The molecule has 1 unspecified atom stereocenters. The first-order chi connectivity index (χ1) is 9.74. The Labute approximate surface area is 120 Å². The summed E-state index contributed by atoms with van der Waals surface area (Å²) in [5.41, 5.74) is 0.906. The van der Waals surface area contributed by atoms with Gasteiger partial charge in [0.25, 0.3) is 0 Å². The van der Waals surface area contributed by atoms with Gasteiger partial charge in [-0.3, -0.25) is 4.98 Å². The predicted molar refractivity (Wildman–Crippen MR) is 81.0 cm³/mol. The average molecular weight is 274 g/mol. The van der Waals surface area contributed by atoms with Crippen molar-refractivity contribution in [1.29, 1.82) is 0 Å². The fourth-order valence-corrected chi connectivity index (χ4v) is 2.21. The zero-order valence-corrected chi connectivity index (χ0v) is 12.1. The number of fused-ring (bicyclic) bond motifs is 1. The van der Waals surface area contributed by atoms with Gasteiger partial charge in [-0.25, -0.2) is 0 Å². The molecule has 0 aliphatic carbocycles. The number of pyridine rings is 1. The van der Waals surface area contributed by atoms with Crippen LogP contribution in [0.5, 0.6) is 5.75 Å². The number of rotatable bonds is 7. The van der Waals surface area contributed by atoms with Crippen molar-refractivity contribution in [2.24, 2.45) is 0 Å². The molecular weight excluding hydrogens is 252 g/mol. The molecule has 0 spiro atoms. The Kier molecular flexibility index (Phi) is 5.32. The molecule has 1 aromatic carbocycles. The van der Waals surface area contributed by atoms with Crippen LogP contribution in [-0.2, 0) is 0 Å². The number of hydrogen-bond donors (Lipinski definition) is 1. The third-order valence-electron chi connectivity index (χ3n) is 3.40. The molecule has 1 atom stereocenters. The van der Waals surface area contributed by atoms with Crippen LogP contribution < -0.4 is 4.74 Å². The summed E-state index contributed by atoms with van der Waals surface area (Å²) < 4.78 is 5.75. The standard InChI is InChI=1S/C16H22N2O2/c1-3-18(4-2)11-13(19)12-20-16-9-10-17-15-8-6-5-7-14(15)16/h5-10,13,19H,3-4,11-12H2,1-2H3. The Hall–Kier alpha value is -1.65. The minimum Gasteiger partial charge on any atom is -0.490 e. The topological polar surface area (TPSA) is 45.6 Å². The molecular formula is C16H22N2O2. The highest BCUT2D eigenvalue weighted by Gasteiger charge is 2.10. The van der Waals surface area contributed by atoms with Gasteiger partial charge >= 0.3 is 0 Å². The highest BCUT2D eigenvalue weighted by atomic mass is 16.5. The van der Waals surface area contributed by atoms with Crippen LogP contribution in [0.3, 0.4) is 0 Å². The zero-order valence-electron chi connectivity index (χ0n) is 12.1. The molecule has 4 heteroatoms. The molecule has 0 bridgehead atoms. The van der Waals surface area contributed by atoms with Crippen LogP contribution >= 0.6 is 0 Å². The first-order valence-corrected chi connectivity index (χ1v) is 7.11. The van der Waals surface area contributed by atoms with Gasteiger partial charge in [-0.2, -0.15) is 0 Å². The summed E-state index contributed by atoms with van der Waals surface area (Å²) in [6, 6.07) is 9.69. The van der Waals surface area contributed by atoms with Crippen molar-refractivity contribution >= 4 is 10.9 Å². The fraction of sp³-hybridized carbons (Fsp3) is 0.438. The molecule has 0 aliphatic rings. The van der Waals surface area contributed by atoms with Gasteiger partial charge in [-0.15, -0.1) is 0 Å². The largest absolute Gasteiger partial charge is 0.490 e. The van der Waals surface area contributed by atoms with Crippen LogP contribution in [0.15, 0.2) is 36.5 Å². The maximum absolute atomic E-state index is 10.0. The molecule has 20 heavy (non-hydrogen) atoms. The number of aliphatic hydroxyl groups excluding tert-OH is 1. The molecule has 0 saturated carbocycles. The molecule has 0 radical (unpaired) electrons. The van der Waals surface area contributed by atoms with E-state index >= 15 is 0 Å². The summed E-state index contributed by atoms with van der Waals surface area (Å²) in [5.74, 6) is 0.772. The summed E-state index contributed by atoms with van der Waals surface area (Å²) in [6.45, 7) is 6.99. The van der Waals surface area contributed by atoms with E-state index in [4.69, 9.17) is 4.74 Å². The van der Waals surface area contributed by atoms with Gasteiger partial charge in [0, 0.05) is 18.1 Å². The van der Waals surface area contributed by atoms with Gasteiger partial charge < -0.3 is 14.7 Å². The summed E-state index contributed by atoms with van der Waals surface area (Å²) in [7, 11) is 0. The molecule has 0 aliphatic heterocycles. The Morgan fingerprint density at radius 3 is 2.70 bits per heavy atom. The third kappa shape index (κ3) is 3.68. The number of aromatic nitrogens is 1. The molecule has 108 valence electrons. The second-order valence-electron chi connectivity index (χ2n) is 4.78. The van der Waals surface area contributed by atoms with Gasteiger partial charge in [0.15, 0.2) is 0 Å². The predicted octanol–water partition coefficient (Wildman–Crippen LogP) is 2.32. The third-order valence-corrected chi connectivity index (χ3v) is 3.40. The van der Waals surface area contributed by atoms with E-state index in [1.807, 2.05) is 30.3 Å².